The fraction of sp³-hybridized carbons (Fsp3) is 0.429. The van der Waals surface area contributed by atoms with Crippen LogP contribution in [0, 0.1) is 0 Å². The number of carboxylic acid groups (broad SMARTS) is 1. The van der Waals surface area contributed by atoms with Crippen LogP contribution in [0.5, 0.6) is 5.75 Å². The number of ether oxygens (including phenoxy) is 1. The van der Waals surface area contributed by atoms with Crippen LogP contribution < -0.4 is 5.43 Å². The predicted molar refractivity (Wildman–Crippen MR) is 101 cm³/mol. The van der Waals surface area contributed by atoms with Crippen molar-refractivity contribution in [3.8, 4) is 5.75 Å². The summed E-state index contributed by atoms with van der Waals surface area (Å²) in [5.74, 6) is -1.88. The van der Waals surface area contributed by atoms with E-state index in [4.69, 9.17) is 4.74 Å². The normalized spacial score (nSPS) is 21.7. The van der Waals surface area contributed by atoms with Gasteiger partial charge in [-0.3, -0.25) is 4.79 Å². The third kappa shape index (κ3) is 4.06. The molecule has 0 bridgehead atoms. The molecule has 1 aromatic carbocycles. The van der Waals surface area contributed by atoms with Crippen LogP contribution in [-0.4, -0.2) is 33.0 Å². The summed E-state index contributed by atoms with van der Waals surface area (Å²) in [4.78, 5) is 23.0. The molecule has 0 spiro atoms. The van der Waals surface area contributed by atoms with Crippen LogP contribution in [0.1, 0.15) is 49.0 Å². The summed E-state index contributed by atoms with van der Waals surface area (Å²) in [5.41, 5.74) is -0.429. The van der Waals surface area contributed by atoms with Crippen LogP contribution in [-0.2, 0) is 16.7 Å². The first kappa shape index (κ1) is 19.2. The van der Waals surface area contributed by atoms with Crippen LogP contribution in [0.15, 0.2) is 47.5 Å². The van der Waals surface area contributed by atoms with Crippen molar-refractivity contribution >= 4 is 5.97 Å². The molecule has 2 N–H and O–H groups in total. The van der Waals surface area contributed by atoms with Gasteiger partial charge in [0.15, 0.2) is 5.75 Å². The lowest BCUT2D eigenvalue weighted by Gasteiger charge is -2.45. The van der Waals surface area contributed by atoms with E-state index in [0.717, 1.165) is 19.3 Å². The van der Waals surface area contributed by atoms with Crippen LogP contribution in [0.25, 0.3) is 0 Å². The maximum absolute atomic E-state index is 11.8. The molecule has 2 heterocycles. The molecule has 3 rings (SSSR count). The first-order chi connectivity index (χ1) is 12.7. The van der Waals surface area contributed by atoms with Gasteiger partial charge in [-0.15, -0.1) is 0 Å². The lowest BCUT2D eigenvalue weighted by Crippen LogP contribution is -2.44. The number of carboxylic acids is 1. The fourth-order valence-corrected chi connectivity index (χ4v) is 4.11. The van der Waals surface area contributed by atoms with Crippen molar-refractivity contribution < 1.29 is 19.7 Å². The standard InChI is InChI=1S/C21H25NO5/c1-20(2)14-21(9-11-27-20,15-6-4-3-5-7-15)8-10-22-12-16(19(25)26)18(24)17(23)13-22/h3-7,12-13,23H,8-11,14H2,1-2H3,(H,25,26). The number of rotatable bonds is 5. The average molecular weight is 371 g/mol. The molecular weight excluding hydrogens is 346 g/mol. The van der Waals surface area contributed by atoms with Crippen molar-refractivity contribution in [2.75, 3.05) is 6.61 Å². The fourth-order valence-electron chi connectivity index (χ4n) is 4.11. The highest BCUT2D eigenvalue weighted by Gasteiger charge is 2.41. The zero-order chi connectivity index (χ0) is 19.7. The van der Waals surface area contributed by atoms with Gasteiger partial charge in [-0.05, 0) is 38.7 Å². The van der Waals surface area contributed by atoms with Gasteiger partial charge in [0, 0.05) is 31.0 Å². The molecule has 6 nitrogen and oxygen atoms in total. The number of aryl methyl sites for hydroxylation is 1. The smallest absolute Gasteiger partial charge is 0.341 e. The van der Waals surface area contributed by atoms with Gasteiger partial charge < -0.3 is 19.5 Å². The molecule has 1 aliphatic rings. The van der Waals surface area contributed by atoms with Crippen LogP contribution in [0.3, 0.4) is 0 Å². The lowest BCUT2D eigenvalue weighted by molar-refractivity contribution is -0.0848. The number of benzene rings is 1. The molecule has 144 valence electrons. The molecule has 6 heteroatoms. The summed E-state index contributed by atoms with van der Waals surface area (Å²) in [5, 5.41) is 19.0. The second kappa shape index (κ2) is 7.19. The van der Waals surface area contributed by atoms with Gasteiger partial charge >= 0.3 is 5.97 Å². The number of carbonyl (C=O) groups is 1. The Hall–Kier alpha value is -2.60. The summed E-state index contributed by atoms with van der Waals surface area (Å²) in [6, 6.07) is 10.3. The molecular formula is C21H25NO5. The van der Waals surface area contributed by atoms with Gasteiger partial charge in [0.1, 0.15) is 5.56 Å². The van der Waals surface area contributed by atoms with Crippen LogP contribution in [0.4, 0.5) is 0 Å². The second-order valence-corrected chi connectivity index (χ2v) is 7.86. The maximum Gasteiger partial charge on any atom is 0.341 e. The lowest BCUT2D eigenvalue weighted by atomic mass is 9.67. The van der Waals surface area contributed by atoms with Crippen LogP contribution >= 0.6 is 0 Å². The van der Waals surface area contributed by atoms with E-state index < -0.39 is 22.7 Å². The van der Waals surface area contributed by atoms with E-state index in [1.54, 1.807) is 4.57 Å². The van der Waals surface area contributed by atoms with Gasteiger partial charge in [-0.25, -0.2) is 4.79 Å². The van der Waals surface area contributed by atoms with E-state index in [0.29, 0.717) is 13.2 Å². The number of hydrogen-bond donors (Lipinski definition) is 2. The Kier molecular flexibility index (Phi) is 5.11. The first-order valence-electron chi connectivity index (χ1n) is 9.08. The van der Waals surface area contributed by atoms with Crippen molar-refractivity contribution in [1.29, 1.82) is 0 Å². The predicted octanol–water partition coefficient (Wildman–Crippen LogP) is 3.17. The highest BCUT2D eigenvalue weighted by Crippen LogP contribution is 2.44. The van der Waals surface area contributed by atoms with Crippen molar-refractivity contribution in [2.45, 2.75) is 50.7 Å². The molecule has 2 aromatic rings. The Labute approximate surface area is 158 Å². The molecule has 1 fully saturated rings. The Balaban J connectivity index is 1.93. The largest absolute Gasteiger partial charge is 0.503 e. The summed E-state index contributed by atoms with van der Waals surface area (Å²) in [6.07, 6.45) is 5.04. The molecule has 0 saturated carbocycles. The highest BCUT2D eigenvalue weighted by atomic mass is 16.5. The minimum absolute atomic E-state index is 0.120. The minimum atomic E-state index is -1.34. The average Bonchev–Trinajstić information content (AvgIpc) is 2.62. The van der Waals surface area contributed by atoms with Crippen molar-refractivity contribution in [3.63, 3.8) is 0 Å². The summed E-state index contributed by atoms with van der Waals surface area (Å²) < 4.78 is 7.50. The third-order valence-electron chi connectivity index (χ3n) is 5.36. The van der Waals surface area contributed by atoms with E-state index in [9.17, 15) is 19.8 Å². The summed E-state index contributed by atoms with van der Waals surface area (Å²) in [6.45, 7) is 5.30. The Morgan fingerprint density at radius 2 is 1.93 bits per heavy atom. The number of pyridine rings is 1. The minimum Gasteiger partial charge on any atom is -0.503 e. The SMILES string of the molecule is CC1(C)CC(CCn2cc(O)c(=O)c(C(=O)O)c2)(c2ccccc2)CCO1. The maximum atomic E-state index is 11.8. The third-order valence-corrected chi connectivity index (χ3v) is 5.36. The quantitative estimate of drug-likeness (QED) is 0.843. The molecule has 1 aromatic heterocycles. The van der Waals surface area contributed by atoms with Crippen molar-refractivity contribution in [2.24, 2.45) is 0 Å². The summed E-state index contributed by atoms with van der Waals surface area (Å²) >= 11 is 0. The van der Waals surface area contributed by atoms with E-state index in [1.165, 1.54) is 18.0 Å². The second-order valence-electron chi connectivity index (χ2n) is 7.86. The Morgan fingerprint density at radius 3 is 2.56 bits per heavy atom. The van der Waals surface area contributed by atoms with E-state index in [-0.39, 0.29) is 11.0 Å². The molecule has 1 aliphatic heterocycles. The molecule has 1 saturated heterocycles. The Morgan fingerprint density at radius 1 is 1.22 bits per heavy atom. The van der Waals surface area contributed by atoms with Gasteiger partial charge in [0.05, 0.1) is 5.60 Å². The number of nitrogens with zero attached hydrogens (tertiary/aromatic N) is 1. The zero-order valence-electron chi connectivity index (χ0n) is 15.6. The van der Waals surface area contributed by atoms with E-state index in [2.05, 4.69) is 26.0 Å². The molecule has 0 aliphatic carbocycles. The van der Waals surface area contributed by atoms with Crippen LogP contribution in [0.2, 0.25) is 0 Å². The molecule has 1 unspecified atom stereocenters. The van der Waals surface area contributed by atoms with Crippen molar-refractivity contribution in [1.82, 2.24) is 4.57 Å². The van der Waals surface area contributed by atoms with Gasteiger partial charge in [0.2, 0.25) is 5.43 Å². The molecule has 27 heavy (non-hydrogen) atoms. The topological polar surface area (TPSA) is 88.8 Å². The number of aromatic nitrogens is 1. The summed E-state index contributed by atoms with van der Waals surface area (Å²) in [7, 11) is 0. The molecule has 0 amide bonds. The Bertz CT molecular complexity index is 887. The van der Waals surface area contributed by atoms with Crippen molar-refractivity contribution in [3.05, 3.63) is 64.1 Å². The highest BCUT2D eigenvalue weighted by molar-refractivity contribution is 5.87. The first-order valence-corrected chi connectivity index (χ1v) is 9.08. The van der Waals surface area contributed by atoms with Gasteiger partial charge in [0.25, 0.3) is 0 Å². The van der Waals surface area contributed by atoms with Gasteiger partial charge in [-0.1, -0.05) is 30.3 Å². The van der Waals surface area contributed by atoms with E-state index in [1.807, 2.05) is 18.2 Å². The zero-order valence-corrected chi connectivity index (χ0v) is 15.6. The van der Waals surface area contributed by atoms with Gasteiger partial charge in [-0.2, -0.15) is 0 Å². The monoisotopic (exact) mass is 371 g/mol. The molecule has 0 radical (unpaired) electrons. The van der Waals surface area contributed by atoms with E-state index >= 15 is 0 Å². The number of hydrogen-bond acceptors (Lipinski definition) is 4. The molecule has 1 atom stereocenters. The number of aromatic hydroxyl groups is 1. The number of aromatic carboxylic acids is 1.